The first kappa shape index (κ1) is 13.6. The van der Waals surface area contributed by atoms with Gasteiger partial charge >= 0.3 is 0 Å². The molecule has 1 aromatic carbocycles. The van der Waals surface area contributed by atoms with Crippen LogP contribution < -0.4 is 5.32 Å². The highest BCUT2D eigenvalue weighted by atomic mass is 79.9. The average Bonchev–Trinajstić information content (AvgIpc) is 2.75. The van der Waals surface area contributed by atoms with E-state index in [1.165, 1.54) is 10.4 Å². The van der Waals surface area contributed by atoms with Crippen LogP contribution in [0.4, 0.5) is 0 Å². The first-order valence-corrected chi connectivity index (χ1v) is 7.04. The van der Waals surface area contributed by atoms with E-state index in [-0.39, 0.29) is 6.04 Å². The van der Waals surface area contributed by atoms with Gasteiger partial charge in [0.2, 0.25) is 0 Å². The molecule has 2 rings (SSSR count). The lowest BCUT2D eigenvalue weighted by molar-refractivity contribution is 0.568. The van der Waals surface area contributed by atoms with E-state index < -0.39 is 0 Å². The Labute approximate surface area is 122 Å². The van der Waals surface area contributed by atoms with Crippen LogP contribution in [0.2, 0.25) is 0 Å². The number of halogens is 2. The van der Waals surface area contributed by atoms with E-state index in [0.717, 1.165) is 14.8 Å². The topological polar surface area (TPSA) is 55.6 Å². The lowest BCUT2D eigenvalue weighted by atomic mass is 10.0. The van der Waals surface area contributed by atoms with E-state index in [1.807, 2.05) is 19.2 Å². The number of benzene rings is 1. The van der Waals surface area contributed by atoms with Gasteiger partial charge in [-0.3, -0.25) is 0 Å². The van der Waals surface area contributed by atoms with Gasteiger partial charge in [0.15, 0.2) is 5.82 Å². The van der Waals surface area contributed by atoms with Gasteiger partial charge in [0.1, 0.15) is 0 Å². The lowest BCUT2D eigenvalue weighted by Crippen LogP contribution is -2.20. The molecule has 0 saturated heterocycles. The number of nitrogens with one attached hydrogen (secondary N) is 1. The second-order valence-electron chi connectivity index (χ2n) is 3.91. The molecule has 5 nitrogen and oxygen atoms in total. The van der Waals surface area contributed by atoms with E-state index in [9.17, 15) is 0 Å². The quantitative estimate of drug-likeness (QED) is 0.891. The van der Waals surface area contributed by atoms with Gasteiger partial charge in [0, 0.05) is 21.4 Å². The molecule has 0 bridgehead atoms. The van der Waals surface area contributed by atoms with E-state index in [2.05, 4.69) is 58.7 Å². The summed E-state index contributed by atoms with van der Waals surface area (Å²) in [5.41, 5.74) is 1.17. The van der Waals surface area contributed by atoms with Crippen molar-refractivity contribution >= 4 is 31.9 Å². The summed E-state index contributed by atoms with van der Waals surface area (Å²) in [5.74, 6) is 0.726. The summed E-state index contributed by atoms with van der Waals surface area (Å²) in [6, 6.07) is 6.25. The standard InChI is InChI=1S/C11H13Br2N5/c1-14-10(6-11-15-17-18(2)16-11)8-5-7(12)3-4-9(8)13/h3-5,10,14H,6H2,1-2H3. The van der Waals surface area contributed by atoms with Crippen molar-refractivity contribution in [3.8, 4) is 0 Å². The van der Waals surface area contributed by atoms with Crippen molar-refractivity contribution in [3.63, 3.8) is 0 Å². The molecule has 0 aliphatic carbocycles. The third-order valence-electron chi connectivity index (χ3n) is 2.62. The summed E-state index contributed by atoms with van der Waals surface area (Å²) >= 11 is 7.05. The molecule has 2 aromatic rings. The fraction of sp³-hybridized carbons (Fsp3) is 0.364. The van der Waals surface area contributed by atoms with Crippen molar-refractivity contribution in [2.24, 2.45) is 7.05 Å². The van der Waals surface area contributed by atoms with Crippen molar-refractivity contribution < 1.29 is 0 Å². The molecule has 1 heterocycles. The van der Waals surface area contributed by atoms with Gasteiger partial charge in [-0.05, 0) is 36.0 Å². The number of aryl methyl sites for hydroxylation is 1. The SMILES string of the molecule is CNC(Cc1nnn(C)n1)c1cc(Br)ccc1Br. The molecule has 1 N–H and O–H groups in total. The summed E-state index contributed by atoms with van der Waals surface area (Å²) in [6.07, 6.45) is 0.694. The van der Waals surface area contributed by atoms with Gasteiger partial charge in [0.25, 0.3) is 0 Å². The molecule has 1 atom stereocenters. The third-order valence-corrected chi connectivity index (χ3v) is 3.83. The zero-order valence-electron chi connectivity index (χ0n) is 10.1. The Morgan fingerprint density at radius 2 is 2.17 bits per heavy atom. The molecular formula is C11H13Br2N5. The van der Waals surface area contributed by atoms with Gasteiger partial charge in [-0.15, -0.1) is 10.2 Å². The Morgan fingerprint density at radius 1 is 1.39 bits per heavy atom. The number of hydrogen-bond acceptors (Lipinski definition) is 4. The second-order valence-corrected chi connectivity index (χ2v) is 5.68. The molecule has 0 amide bonds. The normalized spacial score (nSPS) is 12.7. The second kappa shape index (κ2) is 5.90. The van der Waals surface area contributed by atoms with Crippen molar-refractivity contribution in [3.05, 3.63) is 38.5 Å². The van der Waals surface area contributed by atoms with Gasteiger partial charge in [-0.2, -0.15) is 4.80 Å². The van der Waals surface area contributed by atoms with Crippen molar-refractivity contribution in [2.45, 2.75) is 12.5 Å². The van der Waals surface area contributed by atoms with Gasteiger partial charge in [-0.1, -0.05) is 31.9 Å². The highest BCUT2D eigenvalue weighted by molar-refractivity contribution is 9.11. The summed E-state index contributed by atoms with van der Waals surface area (Å²) in [7, 11) is 3.69. The van der Waals surface area contributed by atoms with Crippen LogP contribution in [-0.2, 0) is 13.5 Å². The zero-order valence-corrected chi connectivity index (χ0v) is 13.2. The van der Waals surface area contributed by atoms with E-state index in [4.69, 9.17) is 0 Å². The smallest absolute Gasteiger partial charge is 0.176 e. The van der Waals surface area contributed by atoms with Crippen molar-refractivity contribution in [2.75, 3.05) is 7.05 Å². The molecule has 0 radical (unpaired) electrons. The highest BCUT2D eigenvalue weighted by Crippen LogP contribution is 2.28. The molecule has 0 fully saturated rings. The third kappa shape index (κ3) is 3.15. The summed E-state index contributed by atoms with van der Waals surface area (Å²) in [4.78, 5) is 1.47. The number of tetrazole rings is 1. The molecule has 0 saturated carbocycles. The maximum atomic E-state index is 4.20. The van der Waals surface area contributed by atoms with E-state index in [1.54, 1.807) is 7.05 Å². The Kier molecular flexibility index (Phi) is 4.47. The van der Waals surface area contributed by atoms with E-state index >= 15 is 0 Å². The molecule has 0 aliphatic heterocycles. The van der Waals surface area contributed by atoms with Crippen LogP contribution >= 0.6 is 31.9 Å². The van der Waals surface area contributed by atoms with Gasteiger partial charge < -0.3 is 5.32 Å². The van der Waals surface area contributed by atoms with Crippen LogP contribution in [0.25, 0.3) is 0 Å². The molecule has 0 spiro atoms. The van der Waals surface area contributed by atoms with Crippen LogP contribution in [0.5, 0.6) is 0 Å². The van der Waals surface area contributed by atoms with Crippen LogP contribution in [0.1, 0.15) is 17.4 Å². The maximum absolute atomic E-state index is 4.20. The minimum absolute atomic E-state index is 0.140. The van der Waals surface area contributed by atoms with Crippen molar-refractivity contribution in [1.82, 2.24) is 25.5 Å². The summed E-state index contributed by atoms with van der Waals surface area (Å²) < 4.78 is 2.11. The first-order chi connectivity index (χ1) is 8.60. The fourth-order valence-corrected chi connectivity index (χ4v) is 2.64. The molecule has 96 valence electrons. The Morgan fingerprint density at radius 3 is 2.78 bits per heavy atom. The maximum Gasteiger partial charge on any atom is 0.176 e. The fourth-order valence-electron chi connectivity index (χ4n) is 1.74. The molecule has 0 aliphatic rings. The number of likely N-dealkylation sites (N-methyl/N-ethyl adjacent to an activating group) is 1. The summed E-state index contributed by atoms with van der Waals surface area (Å²) in [5, 5.41) is 15.3. The van der Waals surface area contributed by atoms with Gasteiger partial charge in [0.05, 0.1) is 7.05 Å². The largest absolute Gasteiger partial charge is 0.313 e. The van der Waals surface area contributed by atoms with Gasteiger partial charge in [-0.25, -0.2) is 0 Å². The Bertz CT molecular complexity index is 540. The predicted molar refractivity (Wildman–Crippen MR) is 76.1 cm³/mol. The molecular weight excluding hydrogens is 362 g/mol. The monoisotopic (exact) mass is 373 g/mol. The average molecular weight is 375 g/mol. The first-order valence-electron chi connectivity index (χ1n) is 5.45. The van der Waals surface area contributed by atoms with Crippen molar-refractivity contribution in [1.29, 1.82) is 0 Å². The number of nitrogens with zero attached hydrogens (tertiary/aromatic N) is 4. The molecule has 1 aromatic heterocycles. The highest BCUT2D eigenvalue weighted by Gasteiger charge is 2.16. The number of rotatable bonds is 4. The minimum Gasteiger partial charge on any atom is -0.313 e. The zero-order chi connectivity index (χ0) is 13.1. The Hall–Kier alpha value is -0.790. The van der Waals surface area contributed by atoms with Crippen LogP contribution in [0, 0.1) is 0 Å². The predicted octanol–water partition coefficient (Wildman–Crippen LogP) is 2.24. The van der Waals surface area contributed by atoms with Crippen LogP contribution in [-0.4, -0.2) is 27.3 Å². The van der Waals surface area contributed by atoms with Crippen LogP contribution in [0.15, 0.2) is 27.1 Å². The molecule has 1 unspecified atom stereocenters. The van der Waals surface area contributed by atoms with Crippen LogP contribution in [0.3, 0.4) is 0 Å². The minimum atomic E-state index is 0.140. The molecule has 18 heavy (non-hydrogen) atoms. The lowest BCUT2D eigenvalue weighted by Gasteiger charge is -2.16. The summed E-state index contributed by atoms with van der Waals surface area (Å²) in [6.45, 7) is 0. The molecule has 7 heteroatoms. The number of hydrogen-bond donors (Lipinski definition) is 1. The Balaban J connectivity index is 2.25. The van der Waals surface area contributed by atoms with E-state index in [0.29, 0.717) is 6.42 Å². The number of aromatic nitrogens is 4.